The first-order chi connectivity index (χ1) is 8.35. The molecule has 0 aliphatic carbocycles. The van der Waals surface area contributed by atoms with Crippen LogP contribution in [0.15, 0.2) is 48.5 Å². The molecule has 0 aromatic heterocycles. The predicted molar refractivity (Wildman–Crippen MR) is 72.6 cm³/mol. The molecule has 0 unspecified atom stereocenters. The van der Waals surface area contributed by atoms with Gasteiger partial charge in [0.25, 0.3) is 0 Å². The number of ether oxygens (including phenoxy) is 1. The van der Waals surface area contributed by atoms with Gasteiger partial charge in [-0.1, -0.05) is 30.3 Å². The molecular weight excluding hydrogens is 210 g/mol. The molecule has 0 bridgehead atoms. The summed E-state index contributed by atoms with van der Waals surface area (Å²) in [7, 11) is 1.69. The van der Waals surface area contributed by atoms with Crippen LogP contribution in [0.25, 0.3) is 11.1 Å². The Kier molecular flexibility index (Phi) is 3.66. The van der Waals surface area contributed by atoms with Gasteiger partial charge in [-0.2, -0.15) is 0 Å². The smallest absolute Gasteiger partial charge is 0.119 e. The number of benzene rings is 2. The van der Waals surface area contributed by atoms with Gasteiger partial charge in [0.1, 0.15) is 5.75 Å². The van der Waals surface area contributed by atoms with Crippen LogP contribution in [-0.4, -0.2) is 13.7 Å². The van der Waals surface area contributed by atoms with E-state index in [9.17, 15) is 0 Å². The van der Waals surface area contributed by atoms with Gasteiger partial charge in [0.2, 0.25) is 0 Å². The SMILES string of the molecule is CCNc1ccccc1-c1cccc(OC)c1. The molecule has 2 heteroatoms. The van der Waals surface area contributed by atoms with Crippen LogP contribution in [0.2, 0.25) is 0 Å². The van der Waals surface area contributed by atoms with Gasteiger partial charge in [0.15, 0.2) is 0 Å². The Bertz CT molecular complexity index is 494. The van der Waals surface area contributed by atoms with Crippen molar-refractivity contribution >= 4 is 5.69 Å². The number of hydrogen-bond acceptors (Lipinski definition) is 2. The van der Waals surface area contributed by atoms with Crippen LogP contribution in [-0.2, 0) is 0 Å². The van der Waals surface area contributed by atoms with Gasteiger partial charge in [0, 0.05) is 17.8 Å². The summed E-state index contributed by atoms with van der Waals surface area (Å²) < 4.78 is 5.26. The molecule has 0 saturated heterocycles. The lowest BCUT2D eigenvalue weighted by Gasteiger charge is -2.11. The Balaban J connectivity index is 2.44. The van der Waals surface area contributed by atoms with E-state index in [0.717, 1.165) is 18.0 Å². The molecule has 2 aromatic rings. The minimum Gasteiger partial charge on any atom is -0.497 e. The summed E-state index contributed by atoms with van der Waals surface area (Å²) in [5.74, 6) is 0.883. The maximum Gasteiger partial charge on any atom is 0.119 e. The molecule has 0 saturated carbocycles. The fourth-order valence-electron chi connectivity index (χ4n) is 1.87. The van der Waals surface area contributed by atoms with E-state index in [2.05, 4.69) is 42.6 Å². The second-order valence-corrected chi connectivity index (χ2v) is 3.81. The van der Waals surface area contributed by atoms with Crippen molar-refractivity contribution in [3.63, 3.8) is 0 Å². The molecule has 0 atom stereocenters. The highest BCUT2D eigenvalue weighted by Crippen LogP contribution is 2.29. The van der Waals surface area contributed by atoms with Crippen molar-refractivity contribution in [1.82, 2.24) is 0 Å². The van der Waals surface area contributed by atoms with Crippen LogP contribution < -0.4 is 10.1 Å². The van der Waals surface area contributed by atoms with Crippen molar-refractivity contribution in [2.24, 2.45) is 0 Å². The molecule has 0 heterocycles. The Hall–Kier alpha value is -1.96. The number of anilines is 1. The van der Waals surface area contributed by atoms with Crippen molar-refractivity contribution in [3.8, 4) is 16.9 Å². The lowest BCUT2D eigenvalue weighted by atomic mass is 10.0. The fourth-order valence-corrected chi connectivity index (χ4v) is 1.87. The van der Waals surface area contributed by atoms with Gasteiger partial charge >= 0.3 is 0 Å². The Labute approximate surface area is 102 Å². The molecule has 0 fully saturated rings. The molecule has 0 aliphatic rings. The van der Waals surface area contributed by atoms with Crippen molar-refractivity contribution < 1.29 is 4.74 Å². The minimum absolute atomic E-state index is 0.883. The summed E-state index contributed by atoms with van der Waals surface area (Å²) in [5, 5.41) is 3.37. The first-order valence-electron chi connectivity index (χ1n) is 5.82. The topological polar surface area (TPSA) is 21.3 Å². The summed E-state index contributed by atoms with van der Waals surface area (Å²) in [4.78, 5) is 0. The van der Waals surface area contributed by atoms with Crippen molar-refractivity contribution in [2.75, 3.05) is 19.0 Å². The van der Waals surface area contributed by atoms with E-state index in [1.807, 2.05) is 18.2 Å². The minimum atomic E-state index is 0.883. The normalized spacial score (nSPS) is 10.0. The molecule has 2 rings (SSSR count). The van der Waals surface area contributed by atoms with Gasteiger partial charge in [-0.15, -0.1) is 0 Å². The molecule has 0 aliphatic heterocycles. The highest BCUT2D eigenvalue weighted by molar-refractivity contribution is 5.78. The van der Waals surface area contributed by atoms with Crippen LogP contribution in [0.5, 0.6) is 5.75 Å². The Morgan fingerprint density at radius 2 is 1.88 bits per heavy atom. The number of hydrogen-bond donors (Lipinski definition) is 1. The van der Waals surface area contributed by atoms with E-state index in [4.69, 9.17) is 4.74 Å². The monoisotopic (exact) mass is 227 g/mol. The van der Waals surface area contributed by atoms with Gasteiger partial charge in [-0.3, -0.25) is 0 Å². The Morgan fingerprint density at radius 1 is 1.06 bits per heavy atom. The third-order valence-electron chi connectivity index (χ3n) is 2.68. The van der Waals surface area contributed by atoms with Gasteiger partial charge in [-0.05, 0) is 30.7 Å². The second kappa shape index (κ2) is 5.39. The van der Waals surface area contributed by atoms with E-state index in [-0.39, 0.29) is 0 Å². The third kappa shape index (κ3) is 2.59. The summed E-state index contributed by atoms with van der Waals surface area (Å²) in [5.41, 5.74) is 3.53. The van der Waals surface area contributed by atoms with E-state index >= 15 is 0 Å². The van der Waals surface area contributed by atoms with Gasteiger partial charge in [-0.25, -0.2) is 0 Å². The molecule has 0 spiro atoms. The van der Waals surface area contributed by atoms with Crippen molar-refractivity contribution in [1.29, 1.82) is 0 Å². The molecular formula is C15H17NO. The lowest BCUT2D eigenvalue weighted by Crippen LogP contribution is -1.98. The quantitative estimate of drug-likeness (QED) is 0.858. The molecule has 2 nitrogen and oxygen atoms in total. The maximum absolute atomic E-state index is 5.26. The van der Waals surface area contributed by atoms with E-state index in [1.54, 1.807) is 7.11 Å². The largest absolute Gasteiger partial charge is 0.497 e. The predicted octanol–water partition coefficient (Wildman–Crippen LogP) is 3.79. The molecule has 17 heavy (non-hydrogen) atoms. The number of rotatable bonds is 4. The summed E-state index contributed by atoms with van der Waals surface area (Å²) in [6.07, 6.45) is 0. The van der Waals surface area contributed by atoms with Crippen LogP contribution in [0.1, 0.15) is 6.92 Å². The summed E-state index contributed by atoms with van der Waals surface area (Å²) in [6.45, 7) is 3.02. The Morgan fingerprint density at radius 3 is 2.65 bits per heavy atom. The van der Waals surface area contributed by atoms with Crippen molar-refractivity contribution in [3.05, 3.63) is 48.5 Å². The summed E-state index contributed by atoms with van der Waals surface area (Å²) >= 11 is 0. The number of para-hydroxylation sites is 1. The van der Waals surface area contributed by atoms with Crippen LogP contribution in [0.3, 0.4) is 0 Å². The number of methoxy groups -OCH3 is 1. The maximum atomic E-state index is 5.26. The third-order valence-corrected chi connectivity index (χ3v) is 2.68. The fraction of sp³-hybridized carbons (Fsp3) is 0.200. The zero-order valence-electron chi connectivity index (χ0n) is 10.2. The van der Waals surface area contributed by atoms with E-state index in [0.29, 0.717) is 0 Å². The second-order valence-electron chi connectivity index (χ2n) is 3.81. The van der Waals surface area contributed by atoms with Gasteiger partial charge in [0.05, 0.1) is 7.11 Å². The first-order valence-corrected chi connectivity index (χ1v) is 5.82. The van der Waals surface area contributed by atoms with Crippen LogP contribution >= 0.6 is 0 Å². The molecule has 0 radical (unpaired) electrons. The highest BCUT2D eigenvalue weighted by Gasteiger charge is 2.04. The first kappa shape index (κ1) is 11.5. The van der Waals surface area contributed by atoms with Crippen LogP contribution in [0, 0.1) is 0 Å². The number of nitrogens with one attached hydrogen (secondary N) is 1. The zero-order valence-corrected chi connectivity index (χ0v) is 10.2. The average Bonchev–Trinajstić information content (AvgIpc) is 2.40. The highest BCUT2D eigenvalue weighted by atomic mass is 16.5. The lowest BCUT2D eigenvalue weighted by molar-refractivity contribution is 0.415. The molecule has 88 valence electrons. The molecule has 0 amide bonds. The van der Waals surface area contributed by atoms with E-state index < -0.39 is 0 Å². The van der Waals surface area contributed by atoms with Crippen LogP contribution in [0.4, 0.5) is 5.69 Å². The molecule has 1 N–H and O–H groups in total. The molecule has 2 aromatic carbocycles. The van der Waals surface area contributed by atoms with Gasteiger partial charge < -0.3 is 10.1 Å². The van der Waals surface area contributed by atoms with E-state index in [1.165, 1.54) is 11.1 Å². The van der Waals surface area contributed by atoms with Crippen molar-refractivity contribution in [2.45, 2.75) is 6.92 Å². The standard InChI is InChI=1S/C15H17NO/c1-3-16-15-10-5-4-9-14(15)12-7-6-8-13(11-12)17-2/h4-11,16H,3H2,1-2H3. The average molecular weight is 227 g/mol. The summed E-state index contributed by atoms with van der Waals surface area (Å²) in [6, 6.07) is 16.4. The zero-order chi connectivity index (χ0) is 12.1.